The molecule has 3 heterocycles. The van der Waals surface area contributed by atoms with E-state index in [1.54, 1.807) is 4.52 Å². The van der Waals surface area contributed by atoms with E-state index in [2.05, 4.69) is 26.4 Å². The molecule has 0 radical (unpaired) electrons. The van der Waals surface area contributed by atoms with Crippen molar-refractivity contribution >= 4 is 23.3 Å². The molecule has 144 valence electrons. The maximum atomic E-state index is 12.5. The molecule has 2 aromatic heterocycles. The summed E-state index contributed by atoms with van der Waals surface area (Å²) >= 11 is 0. The Hall–Kier alpha value is -3.29. The molecular formula is C20H22N6O2. The molecule has 8 nitrogen and oxygen atoms in total. The van der Waals surface area contributed by atoms with Gasteiger partial charge in [0.15, 0.2) is 0 Å². The molecule has 1 aliphatic heterocycles. The van der Waals surface area contributed by atoms with Gasteiger partial charge in [-0.1, -0.05) is 18.2 Å². The highest BCUT2D eigenvalue weighted by Crippen LogP contribution is 2.27. The van der Waals surface area contributed by atoms with Crippen molar-refractivity contribution in [3.05, 3.63) is 53.1 Å². The fraction of sp³-hybridized carbons (Fsp3) is 0.350. The van der Waals surface area contributed by atoms with Crippen LogP contribution in [0.15, 0.2) is 30.3 Å². The number of carbonyl (C=O) groups is 2. The number of nitrogens with one attached hydrogen (secondary N) is 1. The lowest BCUT2D eigenvalue weighted by Gasteiger charge is -2.17. The predicted octanol–water partition coefficient (Wildman–Crippen LogP) is 1.84. The average Bonchev–Trinajstić information content (AvgIpc) is 3.29. The van der Waals surface area contributed by atoms with Crippen LogP contribution < -0.4 is 10.2 Å². The Bertz CT molecular complexity index is 1060. The lowest BCUT2D eigenvalue weighted by molar-refractivity contribution is -0.118. The van der Waals surface area contributed by atoms with Crippen LogP contribution in [0.4, 0.5) is 5.69 Å². The SMILES string of the molecule is Cc1cc(C)n2nc(C(=O)NCCCC(=O)N3CCc4ccccc43)nc2n1. The number of aryl methyl sites for hydroxylation is 2. The first-order chi connectivity index (χ1) is 13.5. The van der Waals surface area contributed by atoms with Crippen molar-refractivity contribution in [3.8, 4) is 0 Å². The number of benzene rings is 1. The number of nitrogens with zero attached hydrogens (tertiary/aromatic N) is 5. The Morgan fingerprint density at radius 3 is 2.86 bits per heavy atom. The molecule has 4 rings (SSSR count). The van der Waals surface area contributed by atoms with E-state index >= 15 is 0 Å². The zero-order chi connectivity index (χ0) is 19.7. The van der Waals surface area contributed by atoms with E-state index < -0.39 is 0 Å². The molecule has 0 saturated carbocycles. The van der Waals surface area contributed by atoms with Crippen molar-refractivity contribution in [2.75, 3.05) is 18.0 Å². The van der Waals surface area contributed by atoms with E-state index in [0.29, 0.717) is 25.2 Å². The van der Waals surface area contributed by atoms with Gasteiger partial charge in [0.05, 0.1) is 0 Å². The number of fused-ring (bicyclic) bond motifs is 2. The van der Waals surface area contributed by atoms with Gasteiger partial charge in [0, 0.05) is 36.6 Å². The van der Waals surface area contributed by atoms with E-state index in [-0.39, 0.29) is 17.6 Å². The Kier molecular flexibility index (Phi) is 4.77. The standard InChI is InChI=1S/C20H22N6O2/c1-13-12-14(2)26-20(22-13)23-18(24-26)19(28)21-10-5-8-17(27)25-11-9-15-6-3-4-7-16(15)25/h3-4,6-7,12H,5,8-11H2,1-2H3,(H,21,28). The zero-order valence-corrected chi connectivity index (χ0v) is 16.0. The lowest BCUT2D eigenvalue weighted by Crippen LogP contribution is -2.30. The number of para-hydroxylation sites is 1. The molecule has 0 fully saturated rings. The molecule has 0 bridgehead atoms. The summed E-state index contributed by atoms with van der Waals surface area (Å²) in [5, 5.41) is 6.99. The predicted molar refractivity (Wildman–Crippen MR) is 104 cm³/mol. The van der Waals surface area contributed by atoms with Crippen LogP contribution in [0, 0.1) is 13.8 Å². The lowest BCUT2D eigenvalue weighted by atomic mass is 10.2. The third-order valence-electron chi connectivity index (χ3n) is 4.86. The van der Waals surface area contributed by atoms with Crippen LogP contribution in [-0.2, 0) is 11.2 Å². The van der Waals surface area contributed by atoms with Crippen LogP contribution >= 0.6 is 0 Å². The van der Waals surface area contributed by atoms with E-state index in [9.17, 15) is 9.59 Å². The summed E-state index contributed by atoms with van der Waals surface area (Å²) in [4.78, 5) is 35.1. The molecular weight excluding hydrogens is 356 g/mol. The molecule has 1 aliphatic rings. The van der Waals surface area contributed by atoms with Gasteiger partial charge in [0.25, 0.3) is 11.7 Å². The Morgan fingerprint density at radius 1 is 1.18 bits per heavy atom. The van der Waals surface area contributed by atoms with Crippen LogP contribution in [0.2, 0.25) is 0 Å². The van der Waals surface area contributed by atoms with Crippen molar-refractivity contribution in [3.63, 3.8) is 0 Å². The summed E-state index contributed by atoms with van der Waals surface area (Å²) in [7, 11) is 0. The molecule has 0 aliphatic carbocycles. The van der Waals surface area contributed by atoms with Crippen molar-refractivity contribution in [2.45, 2.75) is 33.1 Å². The third kappa shape index (κ3) is 3.45. The van der Waals surface area contributed by atoms with Gasteiger partial charge < -0.3 is 10.2 Å². The van der Waals surface area contributed by atoms with Gasteiger partial charge in [0.1, 0.15) is 0 Å². The molecule has 1 aromatic carbocycles. The zero-order valence-electron chi connectivity index (χ0n) is 16.0. The van der Waals surface area contributed by atoms with E-state index in [0.717, 1.165) is 30.0 Å². The van der Waals surface area contributed by atoms with Gasteiger partial charge in [0.2, 0.25) is 11.7 Å². The van der Waals surface area contributed by atoms with E-state index in [4.69, 9.17) is 0 Å². The Morgan fingerprint density at radius 2 is 2.00 bits per heavy atom. The number of amides is 2. The van der Waals surface area contributed by atoms with Crippen molar-refractivity contribution in [2.24, 2.45) is 0 Å². The summed E-state index contributed by atoms with van der Waals surface area (Å²) < 4.78 is 1.55. The van der Waals surface area contributed by atoms with Gasteiger partial charge in [-0.3, -0.25) is 9.59 Å². The highest BCUT2D eigenvalue weighted by Gasteiger charge is 2.23. The Balaban J connectivity index is 1.30. The largest absolute Gasteiger partial charge is 0.349 e. The molecule has 8 heteroatoms. The van der Waals surface area contributed by atoms with Crippen molar-refractivity contribution < 1.29 is 9.59 Å². The number of anilines is 1. The second-order valence-electron chi connectivity index (χ2n) is 6.97. The van der Waals surface area contributed by atoms with Gasteiger partial charge in [-0.15, -0.1) is 5.10 Å². The van der Waals surface area contributed by atoms with Gasteiger partial charge in [-0.2, -0.15) is 4.98 Å². The summed E-state index contributed by atoms with van der Waals surface area (Å²) in [5.41, 5.74) is 3.90. The summed E-state index contributed by atoms with van der Waals surface area (Å²) in [6.07, 6.45) is 1.84. The minimum atomic E-state index is -0.360. The fourth-order valence-corrected chi connectivity index (χ4v) is 3.52. The maximum Gasteiger partial charge on any atom is 0.291 e. The average molecular weight is 378 g/mol. The smallest absolute Gasteiger partial charge is 0.291 e. The number of hydrogen-bond acceptors (Lipinski definition) is 5. The molecule has 0 unspecified atom stereocenters. The molecule has 0 saturated heterocycles. The van der Waals surface area contributed by atoms with Crippen LogP contribution in [-0.4, -0.2) is 44.5 Å². The molecule has 1 N–H and O–H groups in total. The Labute approximate surface area is 162 Å². The first-order valence-electron chi connectivity index (χ1n) is 9.40. The van der Waals surface area contributed by atoms with Crippen LogP contribution in [0.5, 0.6) is 0 Å². The van der Waals surface area contributed by atoms with Crippen LogP contribution in [0.25, 0.3) is 5.78 Å². The topological polar surface area (TPSA) is 92.5 Å². The second-order valence-corrected chi connectivity index (χ2v) is 6.97. The normalized spacial score (nSPS) is 13.0. The summed E-state index contributed by atoms with van der Waals surface area (Å²) in [6.45, 7) is 4.87. The third-order valence-corrected chi connectivity index (χ3v) is 4.86. The summed E-state index contributed by atoms with van der Waals surface area (Å²) in [5.74, 6) is 0.216. The van der Waals surface area contributed by atoms with Gasteiger partial charge in [-0.25, -0.2) is 9.50 Å². The van der Waals surface area contributed by atoms with E-state index in [1.165, 1.54) is 5.56 Å². The highest BCUT2D eigenvalue weighted by molar-refractivity contribution is 5.95. The molecule has 28 heavy (non-hydrogen) atoms. The van der Waals surface area contributed by atoms with Crippen LogP contribution in [0.1, 0.15) is 40.4 Å². The highest BCUT2D eigenvalue weighted by atomic mass is 16.2. The number of aromatic nitrogens is 4. The quantitative estimate of drug-likeness (QED) is 0.684. The van der Waals surface area contributed by atoms with Gasteiger partial charge >= 0.3 is 0 Å². The van der Waals surface area contributed by atoms with Gasteiger partial charge in [-0.05, 0) is 44.4 Å². The molecule has 0 atom stereocenters. The maximum absolute atomic E-state index is 12.5. The fourth-order valence-electron chi connectivity index (χ4n) is 3.52. The first-order valence-corrected chi connectivity index (χ1v) is 9.40. The number of hydrogen-bond donors (Lipinski definition) is 1. The minimum absolute atomic E-state index is 0.0837. The summed E-state index contributed by atoms with van der Waals surface area (Å²) in [6, 6.07) is 9.86. The minimum Gasteiger partial charge on any atom is -0.349 e. The van der Waals surface area contributed by atoms with Crippen molar-refractivity contribution in [1.82, 2.24) is 24.9 Å². The second kappa shape index (κ2) is 7.38. The molecule has 2 amide bonds. The monoisotopic (exact) mass is 378 g/mol. The number of rotatable bonds is 5. The number of carbonyl (C=O) groups excluding carboxylic acids is 2. The van der Waals surface area contributed by atoms with Crippen LogP contribution in [0.3, 0.4) is 0 Å². The van der Waals surface area contributed by atoms with Crippen molar-refractivity contribution in [1.29, 1.82) is 0 Å². The first kappa shape index (κ1) is 18.1. The molecule has 0 spiro atoms. The van der Waals surface area contributed by atoms with E-state index in [1.807, 2.05) is 43.0 Å². The molecule has 3 aromatic rings.